The van der Waals surface area contributed by atoms with E-state index in [1.807, 2.05) is 0 Å². The summed E-state index contributed by atoms with van der Waals surface area (Å²) in [4.78, 5) is 0. The van der Waals surface area contributed by atoms with Gasteiger partial charge in [-0.1, -0.05) is 85.7 Å². The molecular formula is C46H76O7Si. The third-order valence-corrected chi connectivity index (χ3v) is 20.2. The summed E-state index contributed by atoms with van der Waals surface area (Å²) in [6.45, 7) is 25.8. The number of hydrogen-bond acceptors (Lipinski definition) is 7. The van der Waals surface area contributed by atoms with Gasteiger partial charge >= 0.3 is 0 Å². The highest BCUT2D eigenvalue weighted by molar-refractivity contribution is 6.77. The minimum atomic E-state index is -2.17. The topological polar surface area (TPSA) is 64.6 Å². The highest BCUT2D eigenvalue weighted by atomic mass is 28.4. The number of rotatable bonds is 15. The van der Waals surface area contributed by atoms with E-state index in [-0.39, 0.29) is 53.9 Å². The van der Waals surface area contributed by atoms with Gasteiger partial charge in [-0.15, -0.1) is 0 Å². The van der Waals surface area contributed by atoms with Crippen LogP contribution in [-0.2, 0) is 39.5 Å². The summed E-state index contributed by atoms with van der Waals surface area (Å²) in [7, 11) is -2.17. The van der Waals surface area contributed by atoms with Crippen LogP contribution in [-0.4, -0.2) is 75.5 Å². The van der Waals surface area contributed by atoms with Crippen molar-refractivity contribution in [1.82, 2.24) is 0 Å². The molecule has 5 aliphatic rings. The van der Waals surface area contributed by atoms with Crippen LogP contribution < -0.4 is 0 Å². The summed E-state index contributed by atoms with van der Waals surface area (Å²) in [6.07, 6.45) is 13.6. The first-order valence-corrected chi connectivity index (χ1v) is 24.1. The molecule has 0 radical (unpaired) electrons. The van der Waals surface area contributed by atoms with E-state index in [2.05, 4.69) is 106 Å². The van der Waals surface area contributed by atoms with Crippen LogP contribution in [0.2, 0.25) is 16.6 Å². The molecule has 0 spiro atoms. The first-order valence-electron chi connectivity index (χ1n) is 22.0. The van der Waals surface area contributed by atoms with E-state index in [1.54, 1.807) is 0 Å². The van der Waals surface area contributed by atoms with Crippen LogP contribution in [0.1, 0.15) is 145 Å². The Balaban J connectivity index is 1.13. The highest BCUT2D eigenvalue weighted by Crippen LogP contribution is 2.50. The van der Waals surface area contributed by atoms with Crippen molar-refractivity contribution in [1.29, 1.82) is 0 Å². The van der Waals surface area contributed by atoms with Crippen LogP contribution in [0.3, 0.4) is 0 Å². The maximum absolute atomic E-state index is 7.65. The predicted octanol–water partition coefficient (Wildman–Crippen LogP) is 11.1. The molecule has 306 valence electrons. The van der Waals surface area contributed by atoms with Crippen LogP contribution in [0.4, 0.5) is 0 Å². The molecule has 0 unspecified atom stereocenters. The molecular weight excluding hydrogens is 693 g/mol. The van der Waals surface area contributed by atoms with Gasteiger partial charge in [0.2, 0.25) is 8.32 Å². The lowest BCUT2D eigenvalue weighted by atomic mass is 9.74. The van der Waals surface area contributed by atoms with Crippen LogP contribution in [0, 0.1) is 11.8 Å². The summed E-state index contributed by atoms with van der Waals surface area (Å²) < 4.78 is 48.2. The van der Waals surface area contributed by atoms with Gasteiger partial charge in [0, 0.05) is 32.5 Å². The van der Waals surface area contributed by atoms with Gasteiger partial charge in [0.05, 0.1) is 60.2 Å². The maximum Gasteiger partial charge on any atom is 0.200 e. The van der Waals surface area contributed by atoms with E-state index >= 15 is 0 Å². The Morgan fingerprint density at radius 3 is 2.31 bits per heavy atom. The lowest BCUT2D eigenvalue weighted by molar-refractivity contribution is -0.311. The van der Waals surface area contributed by atoms with E-state index in [9.17, 15) is 0 Å². The number of fused-ring (bicyclic) bond motifs is 3. The molecule has 0 amide bonds. The third kappa shape index (κ3) is 9.53. The van der Waals surface area contributed by atoms with Crippen LogP contribution in [0.25, 0.3) is 0 Å². The first kappa shape index (κ1) is 42.3. The summed E-state index contributed by atoms with van der Waals surface area (Å²) in [5.74, 6) is 2.01. The average molecular weight is 769 g/mol. The number of hydrogen-bond donors (Lipinski definition) is 0. The largest absolute Gasteiger partial charge is 0.492 e. The zero-order valence-corrected chi connectivity index (χ0v) is 36.6. The van der Waals surface area contributed by atoms with Crippen molar-refractivity contribution < 1.29 is 32.8 Å². The van der Waals surface area contributed by atoms with Gasteiger partial charge in [-0.25, -0.2) is 0 Å². The first-order chi connectivity index (χ1) is 25.7. The van der Waals surface area contributed by atoms with Crippen molar-refractivity contribution in [2.45, 2.75) is 217 Å². The van der Waals surface area contributed by atoms with Crippen molar-refractivity contribution in [2.24, 2.45) is 11.8 Å². The van der Waals surface area contributed by atoms with E-state index in [1.165, 1.54) is 5.56 Å². The van der Waals surface area contributed by atoms with Crippen molar-refractivity contribution in [3.05, 3.63) is 47.7 Å². The molecule has 0 bridgehead atoms. The molecule has 5 heterocycles. The van der Waals surface area contributed by atoms with Gasteiger partial charge in [-0.05, 0) is 105 Å². The molecule has 1 aromatic carbocycles. The standard InChI is InChI=1S/C46H76O7Si/c1-31(2)54(32(3)4,33(5)6)53-39(27-38-25-35(8)44(50-38)34(7)22-24-47-29-36-17-12-11-13-18-36)26-37-19-16-20-40-41(49-37)28-43-46(10,52-40)30-45(9)42(51-43)21-14-15-23-48-45/h11-13,17-19,31-35,38-44H,14-16,20-30H2,1-10H3/t34-,35+,38-,39-,40-,41+,42+,43-,44+,45-,46+/m0/s1. The fraction of sp³-hybridized carbons (Fsp3) is 0.826. The minimum absolute atomic E-state index is 0.00356. The van der Waals surface area contributed by atoms with Crippen molar-refractivity contribution in [3.63, 3.8) is 0 Å². The van der Waals surface area contributed by atoms with E-state index < -0.39 is 8.32 Å². The number of benzene rings is 1. The fourth-order valence-electron chi connectivity index (χ4n) is 11.4. The van der Waals surface area contributed by atoms with Crippen LogP contribution >= 0.6 is 0 Å². The molecule has 6 rings (SSSR count). The molecule has 4 fully saturated rings. The normalized spacial score (nSPS) is 35.7. The second kappa shape index (κ2) is 18.1. The average Bonchev–Trinajstić information content (AvgIpc) is 3.23. The van der Waals surface area contributed by atoms with Crippen molar-refractivity contribution >= 4 is 8.32 Å². The molecule has 8 heteroatoms. The Kier molecular flexibility index (Phi) is 14.2. The van der Waals surface area contributed by atoms with Gasteiger partial charge in [0.15, 0.2) is 0 Å². The Morgan fingerprint density at radius 2 is 1.59 bits per heavy atom. The molecule has 4 saturated heterocycles. The van der Waals surface area contributed by atoms with Crippen LogP contribution in [0.5, 0.6) is 0 Å². The third-order valence-electron chi connectivity index (χ3n) is 14.1. The summed E-state index contributed by atoms with van der Waals surface area (Å²) in [5.41, 5.74) is 2.08. The summed E-state index contributed by atoms with van der Waals surface area (Å²) in [6, 6.07) is 10.5. The molecule has 7 nitrogen and oxygen atoms in total. The second-order valence-electron chi connectivity index (χ2n) is 19.3. The smallest absolute Gasteiger partial charge is 0.200 e. The molecule has 0 N–H and O–H groups in total. The zero-order chi connectivity index (χ0) is 38.7. The number of allylic oxidation sites excluding steroid dienone is 1. The SMILES string of the molecule is CC(C)[Si](O[C@@H](CC1=CCC[C@@H]2O[C@]3(C)C[C@]4(C)OCCCC[C@H]4O[C@H]3C[C@H]2O1)C[C@@H]1C[C@@H](C)[C@@H]([C@@H](C)CCOCc2ccccc2)O1)(C(C)C)C(C)C. The zero-order valence-electron chi connectivity index (χ0n) is 35.6. The van der Waals surface area contributed by atoms with Crippen molar-refractivity contribution in [2.75, 3.05) is 13.2 Å². The van der Waals surface area contributed by atoms with Gasteiger partial charge in [0.1, 0.15) is 6.10 Å². The van der Waals surface area contributed by atoms with Crippen molar-refractivity contribution in [3.8, 4) is 0 Å². The van der Waals surface area contributed by atoms with E-state index in [0.717, 1.165) is 89.6 Å². The Hall–Kier alpha value is -1.26. The molecule has 11 atom stereocenters. The molecule has 1 aromatic rings. The maximum atomic E-state index is 7.65. The monoisotopic (exact) mass is 769 g/mol. The summed E-state index contributed by atoms with van der Waals surface area (Å²) >= 11 is 0. The summed E-state index contributed by atoms with van der Waals surface area (Å²) in [5, 5.41) is 0. The quantitative estimate of drug-likeness (QED) is 0.130. The Morgan fingerprint density at radius 1 is 0.852 bits per heavy atom. The van der Waals surface area contributed by atoms with Gasteiger partial charge in [-0.3, -0.25) is 0 Å². The van der Waals surface area contributed by atoms with E-state index in [4.69, 9.17) is 32.8 Å². The molecule has 0 aliphatic carbocycles. The van der Waals surface area contributed by atoms with Gasteiger partial charge in [-0.2, -0.15) is 0 Å². The second-order valence-corrected chi connectivity index (χ2v) is 24.7. The lowest BCUT2D eigenvalue weighted by Gasteiger charge is -2.56. The molecule has 5 aliphatic heterocycles. The van der Waals surface area contributed by atoms with E-state index in [0.29, 0.717) is 35.1 Å². The van der Waals surface area contributed by atoms with Gasteiger partial charge < -0.3 is 32.8 Å². The molecule has 54 heavy (non-hydrogen) atoms. The highest BCUT2D eigenvalue weighted by Gasteiger charge is 2.58. The van der Waals surface area contributed by atoms with Crippen LogP contribution in [0.15, 0.2) is 42.2 Å². The minimum Gasteiger partial charge on any atom is -0.492 e. The Labute approximate surface area is 330 Å². The number of ether oxygens (including phenoxy) is 6. The predicted molar refractivity (Wildman–Crippen MR) is 219 cm³/mol. The lowest BCUT2D eigenvalue weighted by Crippen LogP contribution is -2.66. The molecule has 0 saturated carbocycles. The fourth-order valence-corrected chi connectivity index (χ4v) is 17.0. The van der Waals surface area contributed by atoms with Gasteiger partial charge in [0.25, 0.3) is 0 Å². The Bertz CT molecular complexity index is 1330. The molecule has 0 aromatic heterocycles.